The molecular weight excluding hydrogens is 504 g/mol. The van der Waals surface area contributed by atoms with Crippen LogP contribution in [-0.4, -0.2) is 31.5 Å². The third kappa shape index (κ3) is 3.18. The van der Waals surface area contributed by atoms with Gasteiger partial charge in [0.1, 0.15) is 0 Å². The van der Waals surface area contributed by atoms with Crippen LogP contribution in [0.1, 0.15) is 37.8 Å². The number of Topliss-reactive ketones (excluding diaryl/α,β-unsaturated/α-hetero) is 2. The topological polar surface area (TPSA) is 47.0 Å². The summed E-state index contributed by atoms with van der Waals surface area (Å²) in [6.07, 6.45) is 4.00. The molecule has 0 amide bonds. The van der Waals surface area contributed by atoms with Crippen molar-refractivity contribution in [3.05, 3.63) is 51.2 Å². The maximum absolute atomic E-state index is 12.9. The van der Waals surface area contributed by atoms with E-state index >= 15 is 0 Å². The Morgan fingerprint density at radius 3 is 2.35 bits per heavy atom. The Balaban J connectivity index is 1.61. The van der Waals surface area contributed by atoms with Crippen LogP contribution in [0.5, 0.6) is 0 Å². The molecule has 5 heteroatoms. The van der Waals surface area contributed by atoms with E-state index in [4.69, 9.17) is 0 Å². The second kappa shape index (κ2) is 6.54. The van der Waals surface area contributed by atoms with E-state index in [0.717, 1.165) is 15.7 Å². The fourth-order valence-electron chi connectivity index (χ4n) is 4.06. The summed E-state index contributed by atoms with van der Waals surface area (Å²) in [6.45, 7) is 4.03. The standard InChI is InChI=1S/C21H20INO2Se/c1-20(2)10-17(24)21(18(25)11-20)8-13-7-19(23-12-14(13)9-21)26-16-6-4-3-5-15(16)22/h3-7,12H,8-11H2,1-2H3. The van der Waals surface area contributed by atoms with Crippen molar-refractivity contribution in [1.82, 2.24) is 4.98 Å². The van der Waals surface area contributed by atoms with Gasteiger partial charge in [-0.3, -0.25) is 0 Å². The van der Waals surface area contributed by atoms with Crippen LogP contribution in [0.15, 0.2) is 36.5 Å². The van der Waals surface area contributed by atoms with Gasteiger partial charge in [-0.2, -0.15) is 0 Å². The molecule has 134 valence electrons. The average molecular weight is 524 g/mol. The van der Waals surface area contributed by atoms with Gasteiger partial charge in [0.25, 0.3) is 0 Å². The fourth-order valence-corrected chi connectivity index (χ4v) is 6.79. The number of ketones is 2. The van der Waals surface area contributed by atoms with Gasteiger partial charge in [-0.25, -0.2) is 0 Å². The molecular formula is C21H20INO2Se. The van der Waals surface area contributed by atoms with Crippen molar-refractivity contribution in [3.63, 3.8) is 0 Å². The Bertz CT molecular complexity index is 902. The van der Waals surface area contributed by atoms with Crippen LogP contribution in [0.3, 0.4) is 0 Å². The number of pyridine rings is 1. The van der Waals surface area contributed by atoms with Crippen LogP contribution in [0.25, 0.3) is 0 Å². The Kier molecular flexibility index (Phi) is 4.61. The number of benzene rings is 1. The van der Waals surface area contributed by atoms with Crippen LogP contribution in [0, 0.1) is 14.4 Å². The molecule has 1 spiro atoms. The van der Waals surface area contributed by atoms with E-state index in [0.29, 0.717) is 25.7 Å². The SMILES string of the molecule is CC1(C)CC(=O)C2(Cc3cnc([Se]c4ccccc4I)cc3C2)C(=O)C1. The normalized spacial score (nSPS) is 20.4. The molecule has 2 aliphatic rings. The molecule has 4 rings (SSSR count). The second-order valence-corrected chi connectivity index (χ2v) is 11.5. The molecule has 1 aromatic heterocycles. The molecule has 26 heavy (non-hydrogen) atoms. The predicted octanol–water partition coefficient (Wildman–Crippen LogP) is 2.38. The van der Waals surface area contributed by atoms with Gasteiger partial charge in [0.15, 0.2) is 0 Å². The van der Waals surface area contributed by atoms with E-state index in [1.54, 1.807) is 0 Å². The summed E-state index contributed by atoms with van der Waals surface area (Å²) in [5.74, 6) is 0.249. The first-order valence-corrected chi connectivity index (χ1v) is 11.6. The number of carbonyl (C=O) groups is 2. The third-order valence-corrected chi connectivity index (χ3v) is 9.32. The molecule has 2 aliphatic carbocycles. The number of aromatic nitrogens is 1. The number of hydrogen-bond donors (Lipinski definition) is 0. The maximum atomic E-state index is 12.9. The summed E-state index contributed by atoms with van der Waals surface area (Å²) in [7, 11) is 0. The monoisotopic (exact) mass is 525 g/mol. The van der Waals surface area contributed by atoms with E-state index in [2.05, 4.69) is 51.8 Å². The molecule has 0 radical (unpaired) electrons. The van der Waals surface area contributed by atoms with Crippen LogP contribution < -0.4 is 9.05 Å². The van der Waals surface area contributed by atoms with Crippen LogP contribution >= 0.6 is 22.6 Å². The van der Waals surface area contributed by atoms with Gasteiger partial charge in [-0.1, -0.05) is 0 Å². The third-order valence-electron chi connectivity index (χ3n) is 5.44. The minimum absolute atomic E-state index is 0.125. The first-order valence-electron chi connectivity index (χ1n) is 8.76. The van der Waals surface area contributed by atoms with Crippen molar-refractivity contribution in [2.45, 2.75) is 39.5 Å². The Labute approximate surface area is 173 Å². The molecule has 0 unspecified atom stereocenters. The van der Waals surface area contributed by atoms with E-state index < -0.39 is 5.41 Å². The quantitative estimate of drug-likeness (QED) is 0.345. The Morgan fingerprint density at radius 1 is 1.00 bits per heavy atom. The molecule has 2 aromatic rings. The number of carbonyl (C=O) groups excluding carboxylic acids is 2. The molecule has 0 atom stereocenters. The van der Waals surface area contributed by atoms with Crippen molar-refractivity contribution in [2.24, 2.45) is 10.8 Å². The summed E-state index contributed by atoms with van der Waals surface area (Å²) >= 11 is 2.49. The van der Waals surface area contributed by atoms with E-state index in [1.807, 2.05) is 26.1 Å². The molecule has 3 nitrogen and oxygen atoms in total. The van der Waals surface area contributed by atoms with Crippen molar-refractivity contribution in [1.29, 1.82) is 0 Å². The van der Waals surface area contributed by atoms with Crippen molar-refractivity contribution in [2.75, 3.05) is 0 Å². The van der Waals surface area contributed by atoms with Crippen molar-refractivity contribution in [3.8, 4) is 0 Å². The number of nitrogens with zero attached hydrogens (tertiary/aromatic N) is 1. The summed E-state index contributed by atoms with van der Waals surface area (Å²) in [6, 6.07) is 10.5. The zero-order chi connectivity index (χ0) is 18.5. The zero-order valence-electron chi connectivity index (χ0n) is 14.8. The molecule has 1 saturated carbocycles. The number of rotatable bonds is 2. The average Bonchev–Trinajstić information content (AvgIpc) is 2.95. The molecule has 0 bridgehead atoms. The molecule has 0 N–H and O–H groups in total. The number of halogens is 1. The second-order valence-electron chi connectivity index (χ2n) is 8.12. The molecule has 1 aromatic carbocycles. The van der Waals surface area contributed by atoms with E-state index in [1.165, 1.54) is 8.03 Å². The Morgan fingerprint density at radius 2 is 1.65 bits per heavy atom. The summed E-state index contributed by atoms with van der Waals surface area (Å²) < 4.78 is 3.63. The first kappa shape index (κ1) is 18.3. The molecule has 1 fully saturated rings. The summed E-state index contributed by atoms with van der Waals surface area (Å²) in [4.78, 5) is 30.4. The van der Waals surface area contributed by atoms with Crippen LogP contribution in [0.4, 0.5) is 0 Å². The van der Waals surface area contributed by atoms with E-state index in [-0.39, 0.29) is 31.9 Å². The predicted molar refractivity (Wildman–Crippen MR) is 111 cm³/mol. The van der Waals surface area contributed by atoms with Gasteiger partial charge >= 0.3 is 174 Å². The van der Waals surface area contributed by atoms with Gasteiger partial charge < -0.3 is 0 Å². The van der Waals surface area contributed by atoms with Gasteiger partial charge in [0, 0.05) is 0 Å². The van der Waals surface area contributed by atoms with E-state index in [9.17, 15) is 9.59 Å². The molecule has 0 aliphatic heterocycles. The van der Waals surface area contributed by atoms with Crippen molar-refractivity contribution < 1.29 is 9.59 Å². The fraction of sp³-hybridized carbons (Fsp3) is 0.381. The number of hydrogen-bond acceptors (Lipinski definition) is 3. The van der Waals surface area contributed by atoms with Gasteiger partial charge in [0.05, 0.1) is 0 Å². The number of fused-ring (bicyclic) bond motifs is 1. The summed E-state index contributed by atoms with van der Waals surface area (Å²) in [5.41, 5.74) is 1.20. The Hall–Kier alpha value is -1.04. The van der Waals surface area contributed by atoms with Crippen LogP contribution in [-0.2, 0) is 22.4 Å². The van der Waals surface area contributed by atoms with Gasteiger partial charge in [0.2, 0.25) is 0 Å². The minimum atomic E-state index is -0.813. The first-order chi connectivity index (χ1) is 12.3. The van der Waals surface area contributed by atoms with Crippen molar-refractivity contribution >= 4 is 58.2 Å². The molecule has 1 heterocycles. The summed E-state index contributed by atoms with van der Waals surface area (Å²) in [5, 5.41) is 0. The molecule has 0 saturated heterocycles. The van der Waals surface area contributed by atoms with Gasteiger partial charge in [-0.05, 0) is 0 Å². The zero-order valence-corrected chi connectivity index (χ0v) is 18.7. The van der Waals surface area contributed by atoms with Crippen LogP contribution in [0.2, 0.25) is 0 Å². The van der Waals surface area contributed by atoms with Gasteiger partial charge in [-0.15, -0.1) is 0 Å².